The molecule has 4 fully saturated rings. The molecule has 7 aromatic carbocycles. The van der Waals surface area contributed by atoms with Gasteiger partial charge in [0.1, 0.15) is 61.0 Å². The van der Waals surface area contributed by atoms with Crippen molar-refractivity contribution < 1.29 is 52.1 Å². The standard InChI is InChI=1S/C63H62O11/c1-64-62-59(68-38-45-27-13-5-14-28-45)57(67-37-44-25-11-4-12-26-44)54(51(72-62)39-65-35-42-21-7-2-8-22-42)73-53-47-31-17-19-33-49(47)63(50-34-20-18-32-48(50)53)41-70-58-56(66-36-43-23-9-3-10-24-43)55-52(71-60(58)63)40-69-61(74-55)46-29-15-6-16-30-46/h2-34,51-62H,35-41H2,1H3/t51-,52-,53?,54-,55-,56+,57+,58-,59-,60-,61-,62+,63?/m1/s1. The number of hydrogen-bond acceptors (Lipinski definition) is 11. The highest BCUT2D eigenvalue weighted by molar-refractivity contribution is 5.58. The highest BCUT2D eigenvalue weighted by Gasteiger charge is 2.65. The molecule has 0 unspecified atom stereocenters. The summed E-state index contributed by atoms with van der Waals surface area (Å²) in [5.74, 6) is 0. The second-order valence-corrected chi connectivity index (χ2v) is 19.7. The minimum Gasteiger partial charge on any atom is -0.374 e. The normalized spacial score (nSPS) is 30.0. The maximum Gasteiger partial charge on any atom is 0.186 e. The Labute approximate surface area is 433 Å². The molecule has 74 heavy (non-hydrogen) atoms. The number of benzene rings is 7. The Morgan fingerprint density at radius 2 is 0.973 bits per heavy atom. The first kappa shape index (κ1) is 49.0. The first-order valence-electron chi connectivity index (χ1n) is 25.8. The molecule has 4 heterocycles. The van der Waals surface area contributed by atoms with Gasteiger partial charge in [-0.3, -0.25) is 0 Å². The van der Waals surface area contributed by atoms with Crippen molar-refractivity contribution in [3.05, 3.63) is 250 Å². The van der Waals surface area contributed by atoms with Gasteiger partial charge in [0.25, 0.3) is 0 Å². The third-order valence-electron chi connectivity index (χ3n) is 15.2. The van der Waals surface area contributed by atoms with Gasteiger partial charge in [-0.2, -0.15) is 0 Å². The van der Waals surface area contributed by atoms with Crippen LogP contribution in [0, 0.1) is 0 Å². The molecule has 1 spiro atoms. The molecule has 7 aromatic rings. The average molecular weight is 995 g/mol. The molecule has 11 heteroatoms. The Morgan fingerprint density at radius 3 is 1.54 bits per heavy atom. The van der Waals surface area contributed by atoms with E-state index in [1.165, 1.54) is 0 Å². The molecule has 4 saturated heterocycles. The van der Waals surface area contributed by atoms with Gasteiger partial charge in [-0.25, -0.2) is 0 Å². The van der Waals surface area contributed by atoms with Crippen LogP contribution in [0.1, 0.15) is 62.5 Å². The molecule has 11 atom stereocenters. The van der Waals surface area contributed by atoms with E-state index in [4.69, 9.17) is 52.1 Å². The van der Waals surface area contributed by atoms with E-state index in [1.807, 2.05) is 115 Å². The molecule has 4 aliphatic heterocycles. The van der Waals surface area contributed by atoms with Crippen LogP contribution in [0.25, 0.3) is 0 Å². The zero-order valence-corrected chi connectivity index (χ0v) is 41.4. The monoisotopic (exact) mass is 994 g/mol. The minimum absolute atomic E-state index is 0.198. The Kier molecular flexibility index (Phi) is 14.9. The maximum atomic E-state index is 7.75. The lowest BCUT2D eigenvalue weighted by Gasteiger charge is -2.52. The second kappa shape index (κ2) is 22.5. The smallest absolute Gasteiger partial charge is 0.186 e. The third kappa shape index (κ3) is 9.91. The van der Waals surface area contributed by atoms with E-state index in [0.717, 1.165) is 50.1 Å². The molecule has 0 saturated carbocycles. The van der Waals surface area contributed by atoms with Crippen molar-refractivity contribution in [1.29, 1.82) is 0 Å². The van der Waals surface area contributed by atoms with Crippen LogP contribution >= 0.6 is 0 Å². The van der Waals surface area contributed by atoms with Crippen molar-refractivity contribution in [3.8, 4) is 0 Å². The molecule has 0 bridgehead atoms. The number of rotatable bonds is 17. The van der Waals surface area contributed by atoms with Gasteiger partial charge in [0.15, 0.2) is 12.6 Å². The first-order chi connectivity index (χ1) is 36.6. The van der Waals surface area contributed by atoms with Crippen LogP contribution in [-0.2, 0) is 83.9 Å². The third-order valence-corrected chi connectivity index (χ3v) is 15.2. The quantitative estimate of drug-likeness (QED) is 0.0872. The van der Waals surface area contributed by atoms with Crippen LogP contribution in [0.15, 0.2) is 200 Å². The van der Waals surface area contributed by atoms with Crippen LogP contribution in [0.2, 0.25) is 0 Å². The molecule has 11 nitrogen and oxygen atoms in total. The lowest BCUT2D eigenvalue weighted by molar-refractivity contribution is -0.331. The van der Waals surface area contributed by atoms with Crippen molar-refractivity contribution in [2.24, 2.45) is 0 Å². The Hall–Kier alpha value is -5.90. The van der Waals surface area contributed by atoms with Crippen LogP contribution < -0.4 is 0 Å². The molecule has 0 aromatic heterocycles. The highest BCUT2D eigenvalue weighted by atomic mass is 16.7. The Balaban J connectivity index is 0.914. The molecule has 0 amide bonds. The predicted octanol–water partition coefficient (Wildman–Crippen LogP) is 10.4. The van der Waals surface area contributed by atoms with Crippen LogP contribution in [0.3, 0.4) is 0 Å². The van der Waals surface area contributed by atoms with E-state index in [1.54, 1.807) is 7.11 Å². The summed E-state index contributed by atoms with van der Waals surface area (Å²) in [4.78, 5) is 0. The SMILES string of the molecule is CO[C@H]1O[C@H](COCc2ccccc2)[C@@H](OC2c3ccccc3C3(CO[C@@H]4[C@@H](OCc5ccccc5)[C@@H]5O[C@H](c6ccccc6)OC[C@H]5O[C@H]43)c3ccccc32)[C@H](OCc2ccccc2)[C@H]1OCc1ccccc1. The number of methoxy groups -OCH3 is 1. The van der Waals surface area contributed by atoms with Gasteiger partial charge in [-0.15, -0.1) is 0 Å². The lowest BCUT2D eigenvalue weighted by atomic mass is 9.62. The van der Waals surface area contributed by atoms with Gasteiger partial charge in [0.2, 0.25) is 0 Å². The average Bonchev–Trinajstić information content (AvgIpc) is 3.87. The molecular weight excluding hydrogens is 933 g/mol. The topological polar surface area (TPSA) is 102 Å². The van der Waals surface area contributed by atoms with Gasteiger partial charge < -0.3 is 52.1 Å². The van der Waals surface area contributed by atoms with Gasteiger partial charge in [-0.1, -0.05) is 200 Å². The lowest BCUT2D eigenvalue weighted by Crippen LogP contribution is -2.65. The highest BCUT2D eigenvalue weighted by Crippen LogP contribution is 2.57. The largest absolute Gasteiger partial charge is 0.374 e. The van der Waals surface area contributed by atoms with Crippen molar-refractivity contribution in [2.45, 2.75) is 105 Å². The fourth-order valence-electron chi connectivity index (χ4n) is 11.7. The predicted molar refractivity (Wildman–Crippen MR) is 276 cm³/mol. The van der Waals surface area contributed by atoms with Gasteiger partial charge in [-0.05, 0) is 44.5 Å². The minimum atomic E-state index is -0.800. The van der Waals surface area contributed by atoms with E-state index >= 15 is 0 Å². The fraction of sp³-hybridized carbons (Fsp3) is 0.333. The summed E-state index contributed by atoms with van der Waals surface area (Å²) in [6, 6.07) is 67.8. The van der Waals surface area contributed by atoms with E-state index in [2.05, 4.69) is 84.9 Å². The van der Waals surface area contributed by atoms with E-state index in [9.17, 15) is 0 Å². The molecular formula is C63H62O11. The van der Waals surface area contributed by atoms with Crippen molar-refractivity contribution in [2.75, 3.05) is 26.9 Å². The zero-order valence-electron chi connectivity index (χ0n) is 41.4. The maximum absolute atomic E-state index is 7.75. The Morgan fingerprint density at radius 1 is 0.473 bits per heavy atom. The number of ether oxygens (including phenoxy) is 11. The molecule has 1 aliphatic carbocycles. The van der Waals surface area contributed by atoms with Gasteiger partial charge in [0.05, 0.1) is 51.7 Å². The second-order valence-electron chi connectivity index (χ2n) is 19.7. The van der Waals surface area contributed by atoms with Crippen LogP contribution in [-0.4, -0.2) is 88.2 Å². The first-order valence-corrected chi connectivity index (χ1v) is 25.8. The fourth-order valence-corrected chi connectivity index (χ4v) is 11.7. The summed E-state index contributed by atoms with van der Waals surface area (Å²) in [5, 5.41) is 0. The van der Waals surface area contributed by atoms with E-state index in [0.29, 0.717) is 39.6 Å². The molecule has 0 radical (unpaired) electrons. The number of hydrogen-bond donors (Lipinski definition) is 0. The van der Waals surface area contributed by atoms with Gasteiger partial charge >= 0.3 is 0 Å². The van der Waals surface area contributed by atoms with Crippen LogP contribution in [0.4, 0.5) is 0 Å². The molecule has 380 valence electrons. The Bertz CT molecular complexity index is 2830. The summed E-state index contributed by atoms with van der Waals surface area (Å²) in [5.41, 5.74) is 8.40. The van der Waals surface area contributed by atoms with Gasteiger partial charge in [0, 0.05) is 12.7 Å². The molecule has 12 rings (SSSR count). The van der Waals surface area contributed by atoms with Crippen molar-refractivity contribution >= 4 is 0 Å². The number of fused-ring (bicyclic) bond motifs is 7. The van der Waals surface area contributed by atoms with Crippen LogP contribution in [0.5, 0.6) is 0 Å². The van der Waals surface area contributed by atoms with E-state index in [-0.39, 0.29) is 6.61 Å². The van der Waals surface area contributed by atoms with E-state index < -0.39 is 79.0 Å². The molecule has 5 aliphatic rings. The van der Waals surface area contributed by atoms with Crippen molar-refractivity contribution in [3.63, 3.8) is 0 Å². The zero-order chi connectivity index (χ0) is 49.7. The summed E-state index contributed by atoms with van der Waals surface area (Å²) in [6.45, 7) is 2.23. The van der Waals surface area contributed by atoms with Crippen molar-refractivity contribution in [1.82, 2.24) is 0 Å². The summed E-state index contributed by atoms with van der Waals surface area (Å²) in [7, 11) is 1.64. The summed E-state index contributed by atoms with van der Waals surface area (Å²) >= 11 is 0. The summed E-state index contributed by atoms with van der Waals surface area (Å²) in [6.07, 6.45) is -7.04. The summed E-state index contributed by atoms with van der Waals surface area (Å²) < 4.78 is 76.2. The molecule has 0 N–H and O–H groups in total.